The summed E-state index contributed by atoms with van der Waals surface area (Å²) in [5.74, 6) is 1.63. The minimum absolute atomic E-state index is 0.172. The summed E-state index contributed by atoms with van der Waals surface area (Å²) in [4.78, 5) is 25.1. The lowest BCUT2D eigenvalue weighted by Gasteiger charge is -2.12. The van der Waals surface area contributed by atoms with E-state index >= 15 is 0 Å². The second-order valence-corrected chi connectivity index (χ2v) is 7.82. The third-order valence-electron chi connectivity index (χ3n) is 5.46. The summed E-state index contributed by atoms with van der Waals surface area (Å²) >= 11 is 0. The van der Waals surface area contributed by atoms with Crippen LogP contribution in [-0.4, -0.2) is 32.5 Å². The van der Waals surface area contributed by atoms with E-state index < -0.39 is 0 Å². The number of Topliss-reactive ketones (excluding diaryl/α,β-unsaturated/α-hetero) is 1. The molecule has 7 nitrogen and oxygen atoms in total. The highest BCUT2D eigenvalue weighted by Crippen LogP contribution is 2.36. The summed E-state index contributed by atoms with van der Waals surface area (Å²) in [5, 5.41) is 2.88. The Labute approximate surface area is 197 Å². The van der Waals surface area contributed by atoms with Crippen LogP contribution in [0.4, 0.5) is 5.69 Å². The molecule has 4 rings (SSSR count). The van der Waals surface area contributed by atoms with Gasteiger partial charge in [0.2, 0.25) is 5.78 Å². The molecule has 3 aromatic rings. The first-order valence-corrected chi connectivity index (χ1v) is 10.7. The van der Waals surface area contributed by atoms with E-state index in [-0.39, 0.29) is 24.1 Å². The van der Waals surface area contributed by atoms with Gasteiger partial charge in [-0.05, 0) is 60.9 Å². The number of allylic oxidation sites excluding steroid dienone is 1. The van der Waals surface area contributed by atoms with Gasteiger partial charge in [-0.2, -0.15) is 0 Å². The highest BCUT2D eigenvalue weighted by molar-refractivity contribution is 6.14. The normalized spacial score (nSPS) is 13.3. The number of hydrogen-bond acceptors (Lipinski definition) is 6. The van der Waals surface area contributed by atoms with Gasteiger partial charge in [-0.15, -0.1) is 0 Å². The van der Waals surface area contributed by atoms with Gasteiger partial charge >= 0.3 is 0 Å². The van der Waals surface area contributed by atoms with Gasteiger partial charge in [0.15, 0.2) is 23.9 Å². The first-order chi connectivity index (χ1) is 16.4. The Balaban J connectivity index is 1.44. The summed E-state index contributed by atoms with van der Waals surface area (Å²) in [6, 6.07) is 16.0. The topological polar surface area (TPSA) is 83.1 Å². The predicted octanol–water partition coefficient (Wildman–Crippen LogP) is 4.95. The van der Waals surface area contributed by atoms with Gasteiger partial charge in [0.1, 0.15) is 11.5 Å². The molecule has 1 heterocycles. The average molecular weight is 459 g/mol. The lowest BCUT2D eigenvalue weighted by molar-refractivity contribution is -0.118. The van der Waals surface area contributed by atoms with Gasteiger partial charge in [-0.1, -0.05) is 24.3 Å². The molecule has 0 saturated heterocycles. The Morgan fingerprint density at radius 1 is 0.971 bits per heavy atom. The number of ketones is 1. The van der Waals surface area contributed by atoms with Gasteiger partial charge in [0.25, 0.3) is 5.91 Å². The number of hydrogen-bond donors (Lipinski definition) is 1. The number of rotatable bonds is 7. The molecule has 0 fully saturated rings. The van der Waals surface area contributed by atoms with E-state index in [1.165, 1.54) is 0 Å². The Kier molecular flexibility index (Phi) is 6.54. The third kappa shape index (κ3) is 4.73. The first-order valence-electron chi connectivity index (χ1n) is 10.7. The summed E-state index contributed by atoms with van der Waals surface area (Å²) in [7, 11) is 3.11. The lowest BCUT2D eigenvalue weighted by Crippen LogP contribution is -2.21. The van der Waals surface area contributed by atoms with Crippen molar-refractivity contribution < 1.29 is 28.5 Å². The summed E-state index contributed by atoms with van der Waals surface area (Å²) in [5.41, 5.74) is 3.90. The van der Waals surface area contributed by atoms with E-state index in [0.717, 1.165) is 22.4 Å². The Bertz CT molecular complexity index is 1270. The fraction of sp³-hybridized carbons (Fsp3) is 0.185. The third-order valence-corrected chi connectivity index (χ3v) is 5.46. The first kappa shape index (κ1) is 22.9. The van der Waals surface area contributed by atoms with Crippen LogP contribution in [-0.2, 0) is 4.79 Å². The monoisotopic (exact) mass is 459 g/mol. The Morgan fingerprint density at radius 2 is 1.71 bits per heavy atom. The van der Waals surface area contributed by atoms with E-state index in [0.29, 0.717) is 28.6 Å². The molecular weight excluding hydrogens is 434 g/mol. The number of carbonyl (C=O) groups excluding carboxylic acids is 2. The van der Waals surface area contributed by atoms with Crippen molar-refractivity contribution in [1.82, 2.24) is 0 Å². The molecule has 0 spiro atoms. The van der Waals surface area contributed by atoms with Crippen molar-refractivity contribution in [2.45, 2.75) is 13.8 Å². The maximum Gasteiger partial charge on any atom is 0.262 e. The molecule has 0 radical (unpaired) electrons. The highest BCUT2D eigenvalue weighted by Gasteiger charge is 2.28. The van der Waals surface area contributed by atoms with Crippen molar-refractivity contribution in [3.63, 3.8) is 0 Å². The van der Waals surface area contributed by atoms with Crippen LogP contribution >= 0.6 is 0 Å². The van der Waals surface area contributed by atoms with Gasteiger partial charge in [-0.25, -0.2) is 0 Å². The van der Waals surface area contributed by atoms with Crippen LogP contribution < -0.4 is 24.3 Å². The number of amides is 1. The summed E-state index contributed by atoms with van der Waals surface area (Å²) in [6.07, 6.45) is 1.64. The van der Waals surface area contributed by atoms with Crippen LogP contribution in [0.3, 0.4) is 0 Å². The second-order valence-electron chi connectivity index (χ2n) is 7.82. The molecule has 174 valence electrons. The van der Waals surface area contributed by atoms with E-state index in [1.54, 1.807) is 56.7 Å². The summed E-state index contributed by atoms with van der Waals surface area (Å²) < 4.78 is 22.0. The predicted molar refractivity (Wildman–Crippen MR) is 129 cm³/mol. The molecule has 0 aliphatic carbocycles. The summed E-state index contributed by atoms with van der Waals surface area (Å²) in [6.45, 7) is 3.70. The van der Waals surface area contributed by atoms with Crippen LogP contribution in [0.5, 0.6) is 23.0 Å². The molecule has 0 aromatic heterocycles. The fourth-order valence-corrected chi connectivity index (χ4v) is 3.69. The van der Waals surface area contributed by atoms with Crippen LogP contribution in [0.2, 0.25) is 0 Å². The fourth-order valence-electron chi connectivity index (χ4n) is 3.69. The zero-order valence-corrected chi connectivity index (χ0v) is 19.4. The smallest absolute Gasteiger partial charge is 0.262 e. The SMILES string of the molecule is COc1ccc(C=C2Oc3cc(OCC(=O)Nc4c(C)cccc4C)ccc3C2=O)cc1OC. The number of aryl methyl sites for hydroxylation is 2. The van der Waals surface area contributed by atoms with Crippen molar-refractivity contribution in [2.75, 3.05) is 26.1 Å². The Morgan fingerprint density at radius 3 is 2.41 bits per heavy atom. The molecule has 34 heavy (non-hydrogen) atoms. The molecule has 1 N–H and O–H groups in total. The lowest BCUT2D eigenvalue weighted by atomic mass is 10.1. The van der Waals surface area contributed by atoms with E-state index in [4.69, 9.17) is 18.9 Å². The van der Waals surface area contributed by atoms with Crippen LogP contribution in [0.25, 0.3) is 6.08 Å². The molecular formula is C27H25NO6. The minimum atomic E-state index is -0.274. The molecule has 0 atom stereocenters. The number of anilines is 1. The molecule has 1 amide bonds. The van der Waals surface area contributed by atoms with Crippen LogP contribution in [0.15, 0.2) is 60.4 Å². The average Bonchev–Trinajstić information content (AvgIpc) is 3.14. The molecule has 0 unspecified atom stereocenters. The molecule has 0 bridgehead atoms. The standard InChI is InChI=1S/C27H25NO6/c1-16-6-5-7-17(2)26(16)28-25(29)15-33-19-9-10-20-22(14-19)34-24(27(20)30)13-18-8-11-21(31-3)23(12-18)32-4/h5-14H,15H2,1-4H3,(H,28,29). The van der Waals surface area contributed by atoms with Gasteiger partial charge in [0.05, 0.1) is 19.8 Å². The van der Waals surface area contributed by atoms with Crippen molar-refractivity contribution >= 4 is 23.5 Å². The highest BCUT2D eigenvalue weighted by atomic mass is 16.5. The molecule has 3 aromatic carbocycles. The largest absolute Gasteiger partial charge is 0.493 e. The van der Waals surface area contributed by atoms with Crippen LogP contribution in [0, 0.1) is 13.8 Å². The zero-order valence-electron chi connectivity index (χ0n) is 19.4. The number of fused-ring (bicyclic) bond motifs is 1. The molecule has 1 aliphatic rings. The van der Waals surface area contributed by atoms with Crippen molar-refractivity contribution in [3.05, 3.63) is 82.6 Å². The number of carbonyl (C=O) groups is 2. The number of benzene rings is 3. The molecule has 7 heteroatoms. The Hall–Kier alpha value is -4.26. The maximum atomic E-state index is 12.8. The van der Waals surface area contributed by atoms with Gasteiger partial charge in [0, 0.05) is 11.8 Å². The van der Waals surface area contributed by atoms with Crippen LogP contribution in [0.1, 0.15) is 27.0 Å². The number of ether oxygens (including phenoxy) is 4. The van der Waals surface area contributed by atoms with E-state index in [9.17, 15) is 9.59 Å². The number of para-hydroxylation sites is 1. The van der Waals surface area contributed by atoms with Gasteiger partial charge in [-0.3, -0.25) is 9.59 Å². The van der Waals surface area contributed by atoms with Gasteiger partial charge < -0.3 is 24.3 Å². The van der Waals surface area contributed by atoms with Crippen molar-refractivity contribution in [2.24, 2.45) is 0 Å². The van der Waals surface area contributed by atoms with Crippen molar-refractivity contribution in [1.29, 1.82) is 0 Å². The maximum absolute atomic E-state index is 12.8. The molecule has 0 saturated carbocycles. The van der Waals surface area contributed by atoms with Crippen molar-refractivity contribution in [3.8, 4) is 23.0 Å². The number of nitrogens with one attached hydrogen (secondary N) is 1. The second kappa shape index (κ2) is 9.70. The minimum Gasteiger partial charge on any atom is -0.493 e. The molecule has 1 aliphatic heterocycles. The van der Waals surface area contributed by atoms with E-state index in [1.807, 2.05) is 32.0 Å². The zero-order chi connectivity index (χ0) is 24.2. The quantitative estimate of drug-likeness (QED) is 0.503. The van der Waals surface area contributed by atoms with E-state index in [2.05, 4.69) is 5.32 Å². The number of methoxy groups -OCH3 is 2.